The second kappa shape index (κ2) is 14.3. The maximum atomic E-state index is 6.75. The van der Waals surface area contributed by atoms with Crippen molar-refractivity contribution in [3.63, 3.8) is 0 Å². The third-order valence-electron chi connectivity index (χ3n) is 15.4. The molecule has 3 heteroatoms. The number of hydrogen-bond acceptors (Lipinski definition) is 3. The molecule has 11 aromatic rings. The second-order valence-corrected chi connectivity index (χ2v) is 18.7. The SMILES string of the molecule is c1ccc(-c2ccccc2N(c2ccc3c(c2)-c2cc4ccccc4cc2C32c3ccccc3Oc3ccccc32)c2ccc3c(c2)C2(c4ccccc4Oc4ccccc42)c2ccccc2-3)cc1. The summed E-state index contributed by atoms with van der Waals surface area (Å²) in [6.07, 6.45) is 0. The van der Waals surface area contributed by atoms with Crippen molar-refractivity contribution >= 4 is 27.8 Å². The average molecular weight is 880 g/mol. The van der Waals surface area contributed by atoms with E-state index in [4.69, 9.17) is 9.47 Å². The number of hydrogen-bond donors (Lipinski definition) is 0. The molecule has 2 heterocycles. The first-order valence-corrected chi connectivity index (χ1v) is 23.8. The van der Waals surface area contributed by atoms with Gasteiger partial charge in [0.05, 0.1) is 16.5 Å². The van der Waals surface area contributed by atoms with E-state index in [0.29, 0.717) is 0 Å². The third-order valence-corrected chi connectivity index (χ3v) is 15.4. The predicted octanol–water partition coefficient (Wildman–Crippen LogP) is 16.9. The highest BCUT2D eigenvalue weighted by Gasteiger charge is 2.53. The highest BCUT2D eigenvalue weighted by atomic mass is 16.5. The van der Waals surface area contributed by atoms with Gasteiger partial charge >= 0.3 is 0 Å². The standard InChI is InChI=1S/C66H41NO2/c1-2-18-42(19-3-1)47-22-7-13-29-60(47)67(46-34-36-49-48-23-6-8-24-52(48)65(59(49)41-46)54-25-9-14-30-61(54)68-62-31-15-10-26-55(62)65)45-35-37-53-51(40-45)50-38-43-20-4-5-21-44(43)39-58(50)66(53)56-27-11-16-32-63(56)69-64-33-17-12-28-57(64)66/h1-41H. The number of benzene rings is 11. The van der Waals surface area contributed by atoms with Gasteiger partial charge in [-0.05, 0) is 128 Å². The lowest BCUT2D eigenvalue weighted by atomic mass is 9.66. The molecule has 3 nitrogen and oxygen atoms in total. The van der Waals surface area contributed by atoms with Gasteiger partial charge in [0, 0.05) is 39.2 Å². The van der Waals surface area contributed by atoms with Crippen molar-refractivity contribution < 1.29 is 9.47 Å². The fourth-order valence-electron chi connectivity index (χ4n) is 12.7. The van der Waals surface area contributed by atoms with Crippen LogP contribution >= 0.6 is 0 Å². The van der Waals surface area contributed by atoms with Crippen LogP contribution < -0.4 is 14.4 Å². The molecule has 11 aromatic carbocycles. The molecule has 0 saturated heterocycles. The molecule has 322 valence electrons. The minimum atomic E-state index is -0.619. The van der Waals surface area contributed by atoms with Crippen LogP contribution in [-0.4, -0.2) is 0 Å². The molecule has 0 atom stereocenters. The summed E-state index contributed by atoms with van der Waals surface area (Å²) in [5, 5.41) is 2.43. The quantitative estimate of drug-likeness (QED) is 0.176. The van der Waals surface area contributed by atoms with Crippen LogP contribution in [0.25, 0.3) is 44.2 Å². The fourth-order valence-corrected chi connectivity index (χ4v) is 12.7. The molecule has 4 aliphatic rings. The van der Waals surface area contributed by atoms with Gasteiger partial charge in [0.15, 0.2) is 0 Å². The molecule has 2 spiro atoms. The van der Waals surface area contributed by atoms with E-state index in [0.717, 1.165) is 73.4 Å². The van der Waals surface area contributed by atoms with E-state index in [-0.39, 0.29) is 0 Å². The summed E-state index contributed by atoms with van der Waals surface area (Å²) in [5.74, 6) is 3.53. The van der Waals surface area contributed by atoms with Crippen molar-refractivity contribution in [1.82, 2.24) is 0 Å². The molecular weight excluding hydrogens is 839 g/mol. The first-order valence-electron chi connectivity index (χ1n) is 23.8. The fraction of sp³-hybridized carbons (Fsp3) is 0.0303. The zero-order valence-corrected chi connectivity index (χ0v) is 37.4. The zero-order valence-electron chi connectivity index (χ0n) is 37.4. The Bertz CT molecular complexity index is 3850. The molecule has 0 fully saturated rings. The van der Waals surface area contributed by atoms with E-state index in [2.05, 4.69) is 254 Å². The summed E-state index contributed by atoms with van der Waals surface area (Å²) in [6.45, 7) is 0. The van der Waals surface area contributed by atoms with Crippen LogP contribution in [0, 0.1) is 0 Å². The van der Waals surface area contributed by atoms with Gasteiger partial charge in [-0.1, -0.05) is 182 Å². The van der Waals surface area contributed by atoms with Crippen LogP contribution in [0.15, 0.2) is 249 Å². The highest BCUT2D eigenvalue weighted by Crippen LogP contribution is 2.65. The first kappa shape index (κ1) is 38.2. The Morgan fingerprint density at radius 1 is 0.261 bits per heavy atom. The molecule has 0 aromatic heterocycles. The molecule has 0 amide bonds. The van der Waals surface area contributed by atoms with Crippen LogP contribution in [0.5, 0.6) is 23.0 Å². The summed E-state index contributed by atoms with van der Waals surface area (Å²) >= 11 is 0. The number of ether oxygens (including phenoxy) is 2. The first-order chi connectivity index (χ1) is 34.2. The van der Waals surface area contributed by atoms with Crippen molar-refractivity contribution in [1.29, 1.82) is 0 Å². The molecule has 0 radical (unpaired) electrons. The minimum Gasteiger partial charge on any atom is -0.457 e. The maximum absolute atomic E-state index is 6.75. The molecule has 2 aliphatic heterocycles. The monoisotopic (exact) mass is 879 g/mol. The number of nitrogens with zero attached hydrogens (tertiary/aromatic N) is 1. The molecule has 0 unspecified atom stereocenters. The van der Waals surface area contributed by atoms with Gasteiger partial charge in [-0.15, -0.1) is 0 Å². The summed E-state index contributed by atoms with van der Waals surface area (Å²) in [7, 11) is 0. The smallest absolute Gasteiger partial charge is 0.132 e. The Labute approximate surface area is 400 Å². The van der Waals surface area contributed by atoms with Crippen molar-refractivity contribution in [3.8, 4) is 56.4 Å². The van der Waals surface area contributed by atoms with Crippen LogP contribution in [0.1, 0.15) is 44.5 Å². The second-order valence-electron chi connectivity index (χ2n) is 18.7. The molecule has 0 bridgehead atoms. The molecule has 0 saturated carbocycles. The lowest BCUT2D eigenvalue weighted by Crippen LogP contribution is -2.32. The topological polar surface area (TPSA) is 21.7 Å². The van der Waals surface area contributed by atoms with E-state index in [1.54, 1.807) is 0 Å². The Morgan fingerprint density at radius 2 is 0.681 bits per heavy atom. The number of para-hydroxylation sites is 5. The summed E-state index contributed by atoms with van der Waals surface area (Å²) in [5.41, 5.74) is 18.8. The van der Waals surface area contributed by atoms with E-state index >= 15 is 0 Å². The van der Waals surface area contributed by atoms with Crippen molar-refractivity contribution in [2.45, 2.75) is 10.8 Å². The van der Waals surface area contributed by atoms with E-state index in [1.165, 1.54) is 55.3 Å². The van der Waals surface area contributed by atoms with Crippen LogP contribution in [0.2, 0.25) is 0 Å². The third kappa shape index (κ3) is 5.11. The van der Waals surface area contributed by atoms with Gasteiger partial charge in [0.1, 0.15) is 23.0 Å². The molecule has 69 heavy (non-hydrogen) atoms. The van der Waals surface area contributed by atoms with Gasteiger partial charge in [0.25, 0.3) is 0 Å². The van der Waals surface area contributed by atoms with Crippen molar-refractivity contribution in [2.75, 3.05) is 4.90 Å². The normalized spacial score (nSPS) is 14.3. The molecule has 0 N–H and O–H groups in total. The number of fused-ring (bicyclic) bond motifs is 19. The minimum absolute atomic E-state index is 0.610. The molecule has 15 rings (SSSR count). The Hall–Kier alpha value is -8.92. The van der Waals surface area contributed by atoms with Gasteiger partial charge < -0.3 is 14.4 Å². The Morgan fingerprint density at radius 3 is 1.30 bits per heavy atom. The van der Waals surface area contributed by atoms with E-state index < -0.39 is 10.8 Å². The predicted molar refractivity (Wildman–Crippen MR) is 279 cm³/mol. The van der Waals surface area contributed by atoms with Gasteiger partial charge in [-0.2, -0.15) is 0 Å². The van der Waals surface area contributed by atoms with Crippen LogP contribution in [0.3, 0.4) is 0 Å². The molecule has 2 aliphatic carbocycles. The van der Waals surface area contributed by atoms with E-state index in [1.807, 2.05) is 0 Å². The number of rotatable bonds is 4. The van der Waals surface area contributed by atoms with Crippen LogP contribution in [-0.2, 0) is 10.8 Å². The summed E-state index contributed by atoms with van der Waals surface area (Å²) in [6, 6.07) is 91.1. The maximum Gasteiger partial charge on any atom is 0.132 e. The lowest BCUT2D eigenvalue weighted by molar-refractivity contribution is 0.436. The molecular formula is C66H41NO2. The zero-order chi connectivity index (χ0) is 45.3. The average Bonchev–Trinajstić information content (AvgIpc) is 3.85. The van der Waals surface area contributed by atoms with Gasteiger partial charge in [0.2, 0.25) is 0 Å². The van der Waals surface area contributed by atoms with Gasteiger partial charge in [-0.25, -0.2) is 0 Å². The van der Waals surface area contributed by atoms with Gasteiger partial charge in [-0.3, -0.25) is 0 Å². The lowest BCUT2D eigenvalue weighted by Gasteiger charge is -2.40. The van der Waals surface area contributed by atoms with Crippen molar-refractivity contribution in [3.05, 3.63) is 293 Å². The highest BCUT2D eigenvalue weighted by molar-refractivity contribution is 6.00. The number of anilines is 3. The Kier molecular flexibility index (Phi) is 7.92. The largest absolute Gasteiger partial charge is 0.457 e. The van der Waals surface area contributed by atoms with Crippen molar-refractivity contribution in [2.24, 2.45) is 0 Å². The van der Waals surface area contributed by atoms with Crippen LogP contribution in [0.4, 0.5) is 17.1 Å². The summed E-state index contributed by atoms with van der Waals surface area (Å²) < 4.78 is 13.5. The Balaban J connectivity index is 1.03. The summed E-state index contributed by atoms with van der Waals surface area (Å²) in [4.78, 5) is 2.49. The van der Waals surface area contributed by atoms with E-state index in [9.17, 15) is 0 Å².